The smallest absolute Gasteiger partial charge is 0.309 e. The van der Waals surface area contributed by atoms with Gasteiger partial charge in [0, 0.05) is 18.2 Å². The van der Waals surface area contributed by atoms with Gasteiger partial charge < -0.3 is 9.30 Å². The third kappa shape index (κ3) is 1.84. The fraction of sp³-hybridized carbons (Fsp3) is 0.667. The average Bonchev–Trinajstić information content (AvgIpc) is 2.70. The highest BCUT2D eigenvalue weighted by molar-refractivity contribution is 5.73. The van der Waals surface area contributed by atoms with Gasteiger partial charge in [0.2, 0.25) is 0 Å². The molecular formula is C12H18N2O2. The van der Waals surface area contributed by atoms with E-state index in [1.54, 1.807) is 0 Å². The molecule has 0 saturated carbocycles. The van der Waals surface area contributed by atoms with Crippen molar-refractivity contribution < 1.29 is 9.53 Å². The van der Waals surface area contributed by atoms with Crippen LogP contribution in [0.3, 0.4) is 0 Å². The molecule has 2 rings (SSSR count). The number of esters is 1. The molecule has 4 heteroatoms. The van der Waals surface area contributed by atoms with Crippen molar-refractivity contribution in [2.75, 3.05) is 7.11 Å². The van der Waals surface area contributed by atoms with Crippen molar-refractivity contribution in [3.05, 3.63) is 17.7 Å². The molecule has 0 radical (unpaired) electrons. The molecule has 88 valence electrons. The zero-order valence-electron chi connectivity index (χ0n) is 10.1. The van der Waals surface area contributed by atoms with Crippen molar-refractivity contribution in [2.24, 2.45) is 5.92 Å². The molecule has 0 fully saturated rings. The highest BCUT2D eigenvalue weighted by Gasteiger charge is 2.28. The lowest BCUT2D eigenvalue weighted by Gasteiger charge is -2.21. The SMILES string of the molecule is COC(=O)C1CCc2c(ncn2C(C)C)C1. The molecule has 0 saturated heterocycles. The number of methoxy groups -OCH3 is 1. The largest absolute Gasteiger partial charge is 0.469 e. The van der Waals surface area contributed by atoms with Crippen LogP contribution in [0.5, 0.6) is 0 Å². The quantitative estimate of drug-likeness (QED) is 0.716. The Kier molecular flexibility index (Phi) is 2.99. The van der Waals surface area contributed by atoms with Crippen LogP contribution in [0.1, 0.15) is 37.7 Å². The Hall–Kier alpha value is -1.32. The van der Waals surface area contributed by atoms with Crippen LogP contribution in [0.2, 0.25) is 0 Å². The first kappa shape index (κ1) is 11.2. The third-order valence-corrected chi connectivity index (χ3v) is 3.24. The second kappa shape index (κ2) is 4.28. The molecule has 1 heterocycles. The van der Waals surface area contributed by atoms with Crippen molar-refractivity contribution in [3.63, 3.8) is 0 Å². The lowest BCUT2D eigenvalue weighted by atomic mass is 9.89. The number of fused-ring (bicyclic) bond motifs is 1. The summed E-state index contributed by atoms with van der Waals surface area (Å²) in [5, 5.41) is 0. The maximum atomic E-state index is 11.5. The number of ether oxygens (including phenoxy) is 1. The third-order valence-electron chi connectivity index (χ3n) is 3.24. The van der Waals surface area contributed by atoms with Gasteiger partial charge in [-0.3, -0.25) is 4.79 Å². The van der Waals surface area contributed by atoms with E-state index in [1.165, 1.54) is 12.8 Å². The Bertz CT molecular complexity index is 396. The molecule has 0 N–H and O–H groups in total. The minimum atomic E-state index is -0.107. The van der Waals surface area contributed by atoms with Crippen LogP contribution < -0.4 is 0 Å². The Morgan fingerprint density at radius 2 is 2.38 bits per heavy atom. The van der Waals surface area contributed by atoms with Crippen molar-refractivity contribution in [2.45, 2.75) is 39.2 Å². The lowest BCUT2D eigenvalue weighted by molar-refractivity contribution is -0.145. The number of hydrogen-bond donors (Lipinski definition) is 0. The molecule has 16 heavy (non-hydrogen) atoms. The molecule has 1 aromatic rings. The zero-order chi connectivity index (χ0) is 11.7. The Morgan fingerprint density at radius 1 is 1.62 bits per heavy atom. The van der Waals surface area contributed by atoms with E-state index in [2.05, 4.69) is 23.4 Å². The van der Waals surface area contributed by atoms with Crippen LogP contribution in [0, 0.1) is 5.92 Å². The molecular weight excluding hydrogens is 204 g/mol. The van der Waals surface area contributed by atoms with Gasteiger partial charge in [-0.15, -0.1) is 0 Å². The van der Waals surface area contributed by atoms with Gasteiger partial charge in [0.25, 0.3) is 0 Å². The predicted molar refractivity (Wildman–Crippen MR) is 60.1 cm³/mol. The molecule has 0 amide bonds. The van der Waals surface area contributed by atoms with Gasteiger partial charge in [0.05, 0.1) is 25.0 Å². The summed E-state index contributed by atoms with van der Waals surface area (Å²) in [4.78, 5) is 15.9. The van der Waals surface area contributed by atoms with Crippen molar-refractivity contribution in [3.8, 4) is 0 Å². The van der Waals surface area contributed by atoms with Crippen molar-refractivity contribution in [1.82, 2.24) is 9.55 Å². The van der Waals surface area contributed by atoms with Crippen LogP contribution in [-0.4, -0.2) is 22.6 Å². The number of carbonyl (C=O) groups excluding carboxylic acids is 1. The highest BCUT2D eigenvalue weighted by Crippen LogP contribution is 2.27. The van der Waals surface area contributed by atoms with E-state index in [0.717, 1.165) is 25.0 Å². The van der Waals surface area contributed by atoms with E-state index in [-0.39, 0.29) is 11.9 Å². The van der Waals surface area contributed by atoms with E-state index in [4.69, 9.17) is 4.74 Å². The minimum absolute atomic E-state index is 0.00647. The molecule has 0 aromatic carbocycles. The van der Waals surface area contributed by atoms with Crippen molar-refractivity contribution in [1.29, 1.82) is 0 Å². The summed E-state index contributed by atoms with van der Waals surface area (Å²) in [6.07, 6.45) is 4.40. The van der Waals surface area contributed by atoms with E-state index in [1.807, 2.05) is 6.33 Å². The lowest BCUT2D eigenvalue weighted by Crippen LogP contribution is -2.24. The molecule has 1 aliphatic rings. The van der Waals surface area contributed by atoms with E-state index >= 15 is 0 Å². The summed E-state index contributed by atoms with van der Waals surface area (Å²) in [5.74, 6) is -0.113. The Morgan fingerprint density at radius 3 is 3.00 bits per heavy atom. The first-order valence-corrected chi connectivity index (χ1v) is 5.76. The Labute approximate surface area is 95.6 Å². The van der Waals surface area contributed by atoms with Crippen LogP contribution in [0.25, 0.3) is 0 Å². The van der Waals surface area contributed by atoms with E-state index in [0.29, 0.717) is 6.04 Å². The summed E-state index contributed by atoms with van der Waals surface area (Å²) >= 11 is 0. The fourth-order valence-electron chi connectivity index (χ4n) is 2.33. The maximum Gasteiger partial charge on any atom is 0.309 e. The summed E-state index contributed by atoms with van der Waals surface area (Å²) in [6, 6.07) is 0.436. The van der Waals surface area contributed by atoms with Gasteiger partial charge in [-0.25, -0.2) is 4.98 Å². The molecule has 1 aliphatic carbocycles. The van der Waals surface area contributed by atoms with Gasteiger partial charge in [-0.05, 0) is 26.7 Å². The average molecular weight is 222 g/mol. The second-order valence-electron chi connectivity index (χ2n) is 4.60. The van der Waals surface area contributed by atoms with E-state index < -0.39 is 0 Å². The zero-order valence-corrected chi connectivity index (χ0v) is 10.1. The summed E-state index contributed by atoms with van der Waals surface area (Å²) < 4.78 is 6.98. The first-order valence-electron chi connectivity index (χ1n) is 5.76. The normalized spacial score (nSPS) is 19.6. The van der Waals surface area contributed by atoms with Gasteiger partial charge >= 0.3 is 5.97 Å². The monoisotopic (exact) mass is 222 g/mol. The van der Waals surface area contributed by atoms with Crippen molar-refractivity contribution >= 4 is 5.97 Å². The fourth-order valence-corrected chi connectivity index (χ4v) is 2.33. The maximum absolute atomic E-state index is 11.5. The number of aromatic nitrogens is 2. The molecule has 4 nitrogen and oxygen atoms in total. The minimum Gasteiger partial charge on any atom is -0.469 e. The predicted octanol–water partition coefficient (Wildman–Crippen LogP) is 1.74. The van der Waals surface area contributed by atoms with Crippen LogP contribution in [-0.2, 0) is 22.4 Å². The molecule has 1 aromatic heterocycles. The molecule has 1 atom stereocenters. The van der Waals surface area contributed by atoms with Crippen LogP contribution >= 0.6 is 0 Å². The van der Waals surface area contributed by atoms with Gasteiger partial charge in [0.15, 0.2) is 0 Å². The van der Waals surface area contributed by atoms with E-state index in [9.17, 15) is 4.79 Å². The molecule has 1 unspecified atom stereocenters. The summed E-state index contributed by atoms with van der Waals surface area (Å²) in [5.41, 5.74) is 2.35. The van der Waals surface area contributed by atoms with Gasteiger partial charge in [-0.2, -0.15) is 0 Å². The molecule has 0 bridgehead atoms. The topological polar surface area (TPSA) is 44.1 Å². The number of imidazole rings is 1. The number of nitrogens with zero attached hydrogens (tertiary/aromatic N) is 2. The summed E-state index contributed by atoms with van der Waals surface area (Å²) in [6.45, 7) is 4.29. The summed E-state index contributed by atoms with van der Waals surface area (Å²) in [7, 11) is 1.45. The highest BCUT2D eigenvalue weighted by atomic mass is 16.5. The first-order chi connectivity index (χ1) is 7.63. The molecule has 0 aliphatic heterocycles. The standard InChI is InChI=1S/C12H18N2O2/c1-8(2)14-7-13-10-6-9(12(15)16-3)4-5-11(10)14/h7-9H,4-6H2,1-3H3. The number of rotatable bonds is 2. The van der Waals surface area contributed by atoms with Crippen LogP contribution in [0.4, 0.5) is 0 Å². The van der Waals surface area contributed by atoms with Gasteiger partial charge in [-0.1, -0.05) is 0 Å². The van der Waals surface area contributed by atoms with Crippen LogP contribution in [0.15, 0.2) is 6.33 Å². The molecule has 0 spiro atoms. The number of carbonyl (C=O) groups is 1. The number of hydrogen-bond acceptors (Lipinski definition) is 3. The second-order valence-corrected chi connectivity index (χ2v) is 4.60. The van der Waals surface area contributed by atoms with Gasteiger partial charge in [0.1, 0.15) is 0 Å². The Balaban J connectivity index is 2.20.